The summed E-state index contributed by atoms with van der Waals surface area (Å²) in [6.07, 6.45) is 0.807. The van der Waals surface area contributed by atoms with Crippen LogP contribution >= 0.6 is 23.2 Å². The Labute approximate surface area is 200 Å². The first-order valence-corrected chi connectivity index (χ1v) is 11.9. The van der Waals surface area contributed by atoms with Crippen LogP contribution in [0.25, 0.3) is 0 Å². The lowest BCUT2D eigenvalue weighted by Crippen LogP contribution is -2.51. The minimum Gasteiger partial charge on any atom is -0.340 e. The number of piperazine rings is 1. The Kier molecular flexibility index (Phi) is 7.51. The highest BCUT2D eigenvalue weighted by Gasteiger charge is 2.31. The van der Waals surface area contributed by atoms with Gasteiger partial charge in [0.05, 0.1) is 12.0 Å². The van der Waals surface area contributed by atoms with Crippen LogP contribution in [0, 0.1) is 0 Å². The highest BCUT2D eigenvalue weighted by atomic mass is 35.5. The number of nitrogens with zero attached hydrogens (tertiary/aromatic N) is 2. The molecule has 3 aromatic carbocycles. The van der Waals surface area contributed by atoms with Crippen molar-refractivity contribution in [2.24, 2.45) is 0 Å². The van der Waals surface area contributed by atoms with E-state index in [2.05, 4.69) is 48.2 Å². The first-order chi connectivity index (χ1) is 15.6. The number of halogens is 2. The van der Waals surface area contributed by atoms with Crippen molar-refractivity contribution in [3.8, 4) is 0 Å². The van der Waals surface area contributed by atoms with E-state index < -0.39 is 0 Å². The number of carbonyl (C=O) groups is 1. The molecule has 1 atom stereocenters. The summed E-state index contributed by atoms with van der Waals surface area (Å²) in [5, 5.41) is 1.45. The SMILES string of the molecule is CC[C@@H](C(=O)N1CCN(C(c2ccc(Cl)cc2)c2ccc(Cl)cc2)CC1)c1ccccc1. The van der Waals surface area contributed by atoms with E-state index in [1.807, 2.05) is 47.4 Å². The number of amides is 1. The molecule has 0 bridgehead atoms. The first-order valence-electron chi connectivity index (χ1n) is 11.2. The van der Waals surface area contributed by atoms with Crippen LogP contribution in [0.3, 0.4) is 0 Å². The van der Waals surface area contributed by atoms with Gasteiger partial charge in [-0.15, -0.1) is 0 Å². The molecular weight excluding hydrogens is 439 g/mol. The van der Waals surface area contributed by atoms with E-state index in [-0.39, 0.29) is 17.9 Å². The molecule has 32 heavy (non-hydrogen) atoms. The third-order valence-corrected chi connectivity index (χ3v) is 6.77. The molecule has 5 heteroatoms. The van der Waals surface area contributed by atoms with Gasteiger partial charge in [0.15, 0.2) is 0 Å². The number of rotatable bonds is 6. The molecule has 1 aliphatic heterocycles. The molecule has 3 aromatic rings. The second-order valence-electron chi connectivity index (χ2n) is 8.24. The van der Waals surface area contributed by atoms with Gasteiger partial charge in [0.2, 0.25) is 5.91 Å². The van der Waals surface area contributed by atoms with Gasteiger partial charge in [-0.25, -0.2) is 0 Å². The van der Waals surface area contributed by atoms with Gasteiger partial charge in [-0.1, -0.05) is 84.7 Å². The van der Waals surface area contributed by atoms with Crippen molar-refractivity contribution in [1.29, 1.82) is 0 Å². The van der Waals surface area contributed by atoms with Gasteiger partial charge in [-0.2, -0.15) is 0 Å². The molecule has 1 fully saturated rings. The van der Waals surface area contributed by atoms with E-state index in [1.165, 1.54) is 11.1 Å². The van der Waals surface area contributed by atoms with Crippen LogP contribution in [-0.2, 0) is 4.79 Å². The number of hydrogen-bond acceptors (Lipinski definition) is 2. The van der Waals surface area contributed by atoms with Gasteiger partial charge in [0, 0.05) is 36.2 Å². The lowest BCUT2D eigenvalue weighted by Gasteiger charge is -2.40. The molecule has 0 saturated carbocycles. The Balaban J connectivity index is 1.51. The second-order valence-corrected chi connectivity index (χ2v) is 9.11. The fraction of sp³-hybridized carbons (Fsp3) is 0.296. The highest BCUT2D eigenvalue weighted by molar-refractivity contribution is 6.30. The van der Waals surface area contributed by atoms with Crippen LogP contribution in [0.5, 0.6) is 0 Å². The van der Waals surface area contributed by atoms with Crippen LogP contribution in [0.4, 0.5) is 0 Å². The van der Waals surface area contributed by atoms with Crippen molar-refractivity contribution in [3.63, 3.8) is 0 Å². The lowest BCUT2D eigenvalue weighted by molar-refractivity contribution is -0.134. The van der Waals surface area contributed by atoms with Crippen molar-refractivity contribution in [1.82, 2.24) is 9.80 Å². The Morgan fingerprint density at radius 1 is 0.750 bits per heavy atom. The molecule has 3 nitrogen and oxygen atoms in total. The molecule has 166 valence electrons. The largest absolute Gasteiger partial charge is 0.340 e. The lowest BCUT2D eigenvalue weighted by atomic mass is 9.94. The van der Waals surface area contributed by atoms with Crippen LogP contribution in [0.1, 0.15) is 42.0 Å². The zero-order valence-electron chi connectivity index (χ0n) is 18.3. The number of benzene rings is 3. The van der Waals surface area contributed by atoms with Crippen LogP contribution in [-0.4, -0.2) is 41.9 Å². The molecule has 0 unspecified atom stereocenters. The summed E-state index contributed by atoms with van der Waals surface area (Å²) >= 11 is 12.3. The fourth-order valence-electron chi connectivity index (χ4n) is 4.56. The van der Waals surface area contributed by atoms with E-state index in [9.17, 15) is 4.79 Å². The smallest absolute Gasteiger partial charge is 0.230 e. The minimum atomic E-state index is -0.0777. The average molecular weight is 467 g/mol. The van der Waals surface area contributed by atoms with Crippen molar-refractivity contribution >= 4 is 29.1 Å². The summed E-state index contributed by atoms with van der Waals surface area (Å²) < 4.78 is 0. The minimum absolute atomic E-state index is 0.0777. The maximum absolute atomic E-state index is 13.3. The van der Waals surface area contributed by atoms with E-state index in [1.54, 1.807) is 0 Å². The normalized spacial score (nSPS) is 15.7. The van der Waals surface area contributed by atoms with Gasteiger partial charge in [0.25, 0.3) is 0 Å². The third kappa shape index (κ3) is 5.17. The molecule has 1 heterocycles. The molecule has 0 aliphatic carbocycles. The van der Waals surface area contributed by atoms with E-state index >= 15 is 0 Å². The van der Waals surface area contributed by atoms with Crippen LogP contribution in [0.15, 0.2) is 78.9 Å². The van der Waals surface area contributed by atoms with E-state index in [0.717, 1.165) is 48.2 Å². The monoisotopic (exact) mass is 466 g/mol. The van der Waals surface area contributed by atoms with Crippen LogP contribution in [0.2, 0.25) is 10.0 Å². The zero-order chi connectivity index (χ0) is 22.5. The Morgan fingerprint density at radius 3 is 1.72 bits per heavy atom. The molecule has 4 rings (SSSR count). The van der Waals surface area contributed by atoms with Gasteiger partial charge in [0.1, 0.15) is 0 Å². The van der Waals surface area contributed by atoms with Gasteiger partial charge < -0.3 is 4.90 Å². The highest BCUT2D eigenvalue weighted by Crippen LogP contribution is 2.32. The van der Waals surface area contributed by atoms with Gasteiger partial charge >= 0.3 is 0 Å². The zero-order valence-corrected chi connectivity index (χ0v) is 19.8. The predicted molar refractivity (Wildman–Crippen MR) is 132 cm³/mol. The summed E-state index contributed by atoms with van der Waals surface area (Å²) in [5.74, 6) is 0.152. The molecule has 0 radical (unpaired) electrons. The van der Waals surface area contributed by atoms with Gasteiger partial charge in [-0.3, -0.25) is 9.69 Å². The molecule has 1 aliphatic rings. The Morgan fingerprint density at radius 2 is 1.25 bits per heavy atom. The summed E-state index contributed by atoms with van der Waals surface area (Å²) in [6, 6.07) is 26.3. The third-order valence-electron chi connectivity index (χ3n) is 6.27. The molecule has 1 saturated heterocycles. The fourth-order valence-corrected chi connectivity index (χ4v) is 4.82. The van der Waals surface area contributed by atoms with Crippen molar-refractivity contribution < 1.29 is 4.79 Å². The Bertz CT molecular complexity index is 968. The second kappa shape index (κ2) is 10.5. The van der Waals surface area contributed by atoms with Gasteiger partial charge in [-0.05, 0) is 47.4 Å². The van der Waals surface area contributed by atoms with Crippen molar-refractivity contribution in [3.05, 3.63) is 106 Å². The first kappa shape index (κ1) is 22.8. The molecule has 0 spiro atoms. The summed E-state index contributed by atoms with van der Waals surface area (Å²) in [7, 11) is 0. The topological polar surface area (TPSA) is 23.6 Å². The molecule has 0 aromatic heterocycles. The summed E-state index contributed by atoms with van der Waals surface area (Å²) in [5.41, 5.74) is 3.47. The van der Waals surface area contributed by atoms with Crippen LogP contribution < -0.4 is 0 Å². The van der Waals surface area contributed by atoms with Crippen molar-refractivity contribution in [2.45, 2.75) is 25.3 Å². The Hall–Kier alpha value is -2.33. The molecular formula is C27H28Cl2N2O. The van der Waals surface area contributed by atoms with E-state index in [4.69, 9.17) is 23.2 Å². The van der Waals surface area contributed by atoms with E-state index in [0.29, 0.717) is 0 Å². The summed E-state index contributed by atoms with van der Waals surface area (Å²) in [6.45, 7) is 5.16. The number of carbonyl (C=O) groups excluding carboxylic acids is 1. The average Bonchev–Trinajstić information content (AvgIpc) is 2.83. The maximum Gasteiger partial charge on any atom is 0.230 e. The number of hydrogen-bond donors (Lipinski definition) is 0. The maximum atomic E-state index is 13.3. The van der Waals surface area contributed by atoms with Crippen molar-refractivity contribution in [2.75, 3.05) is 26.2 Å². The summed E-state index contributed by atoms with van der Waals surface area (Å²) in [4.78, 5) is 17.8. The quantitative estimate of drug-likeness (QED) is 0.418. The molecule has 0 N–H and O–H groups in total. The predicted octanol–water partition coefficient (Wildman–Crippen LogP) is 6.42. The molecule has 1 amide bonds. The standard InChI is InChI=1S/C27H28Cl2N2O/c1-2-25(20-6-4-3-5-7-20)27(32)31-18-16-30(17-19-31)26(21-8-12-23(28)13-9-21)22-10-14-24(29)15-11-22/h3-15,25-26H,2,16-19H2,1H3/t25-/m1/s1.